The zero-order valence-electron chi connectivity index (χ0n) is 20.2. The van der Waals surface area contributed by atoms with E-state index in [1.807, 2.05) is 11.9 Å². The molecule has 32 heavy (non-hydrogen) atoms. The van der Waals surface area contributed by atoms with Crippen LogP contribution < -0.4 is 10.1 Å². The van der Waals surface area contributed by atoms with Crippen LogP contribution in [0.4, 0.5) is 5.82 Å². The van der Waals surface area contributed by atoms with Gasteiger partial charge in [-0.1, -0.05) is 0 Å². The summed E-state index contributed by atoms with van der Waals surface area (Å²) in [5.41, 5.74) is 7.43. The van der Waals surface area contributed by atoms with Gasteiger partial charge < -0.3 is 15.0 Å². The Morgan fingerprint density at radius 2 is 2.00 bits per heavy atom. The molecule has 0 bridgehead atoms. The van der Waals surface area contributed by atoms with Crippen LogP contribution in [0.2, 0.25) is 0 Å². The highest BCUT2D eigenvalue weighted by Crippen LogP contribution is 2.34. The van der Waals surface area contributed by atoms with Gasteiger partial charge in [-0.05, 0) is 68.4 Å². The normalized spacial score (nSPS) is 18.6. The highest BCUT2D eigenvalue weighted by atomic mass is 16.5. The van der Waals surface area contributed by atoms with Crippen LogP contribution in [0.1, 0.15) is 65.1 Å². The van der Waals surface area contributed by atoms with Gasteiger partial charge in [-0.15, -0.1) is 0 Å². The van der Waals surface area contributed by atoms with Crippen molar-refractivity contribution in [3.63, 3.8) is 0 Å². The molecule has 7 heteroatoms. The van der Waals surface area contributed by atoms with Crippen LogP contribution >= 0.6 is 0 Å². The number of likely N-dealkylation sites (tertiary alicyclic amines) is 1. The zero-order chi connectivity index (χ0) is 23.0. The molecule has 0 radical (unpaired) electrons. The standard InChI is InChI=1S/C25H35N5O2/c1-15-12-23(32-6)17(3)16(2)20(15)13-29-11-9-19-21(14-29)27-25(28-24(19)26-5)22-8-7-10-30(22)18(4)31/h12,22H,7-11,13-14H2,1-6H3,(H,26,27,28)/t22-/m0/s1. The lowest BCUT2D eigenvalue weighted by molar-refractivity contribution is -0.129. The van der Waals surface area contributed by atoms with E-state index in [0.717, 1.165) is 68.5 Å². The fourth-order valence-electron chi connectivity index (χ4n) is 5.18. The SMILES string of the molecule is CNc1nc([C@@H]2CCCN2C(C)=O)nc2c1CCN(Cc1c(C)cc(OC)c(C)c1C)C2. The van der Waals surface area contributed by atoms with Crippen molar-refractivity contribution in [2.24, 2.45) is 0 Å². The van der Waals surface area contributed by atoms with E-state index in [0.29, 0.717) is 0 Å². The molecule has 1 amide bonds. The van der Waals surface area contributed by atoms with E-state index in [2.05, 4.69) is 37.1 Å². The Hall–Kier alpha value is -2.67. The van der Waals surface area contributed by atoms with E-state index in [1.165, 1.54) is 27.8 Å². The first-order valence-electron chi connectivity index (χ1n) is 11.5. The van der Waals surface area contributed by atoms with Gasteiger partial charge in [0.1, 0.15) is 11.6 Å². The number of carbonyl (C=O) groups is 1. The number of ether oxygens (including phenoxy) is 1. The van der Waals surface area contributed by atoms with E-state index in [4.69, 9.17) is 14.7 Å². The minimum absolute atomic E-state index is 0.0194. The molecule has 1 fully saturated rings. The molecule has 3 heterocycles. The Bertz CT molecular complexity index is 1040. The van der Waals surface area contributed by atoms with Crippen molar-refractivity contribution in [1.29, 1.82) is 0 Å². The number of carbonyl (C=O) groups excluding carboxylic acids is 1. The maximum Gasteiger partial charge on any atom is 0.220 e. The average Bonchev–Trinajstić information content (AvgIpc) is 3.28. The maximum atomic E-state index is 12.1. The van der Waals surface area contributed by atoms with Gasteiger partial charge in [0.25, 0.3) is 0 Å². The van der Waals surface area contributed by atoms with Crippen LogP contribution in [0.25, 0.3) is 0 Å². The smallest absolute Gasteiger partial charge is 0.220 e. The molecule has 2 aliphatic heterocycles. The van der Waals surface area contributed by atoms with E-state index < -0.39 is 0 Å². The summed E-state index contributed by atoms with van der Waals surface area (Å²) in [6, 6.07) is 2.12. The fraction of sp³-hybridized carbons (Fsp3) is 0.560. The molecule has 4 rings (SSSR count). The second kappa shape index (κ2) is 9.06. The van der Waals surface area contributed by atoms with E-state index in [-0.39, 0.29) is 11.9 Å². The van der Waals surface area contributed by atoms with Crippen LogP contribution in [0.3, 0.4) is 0 Å². The number of amides is 1. The van der Waals surface area contributed by atoms with Gasteiger partial charge in [-0.25, -0.2) is 9.97 Å². The topological polar surface area (TPSA) is 70.6 Å². The van der Waals surface area contributed by atoms with Crippen molar-refractivity contribution in [2.75, 3.05) is 32.6 Å². The molecule has 2 aromatic rings. The molecule has 0 saturated carbocycles. The number of aryl methyl sites for hydroxylation is 1. The molecule has 0 spiro atoms. The first kappa shape index (κ1) is 22.5. The molecule has 7 nitrogen and oxygen atoms in total. The molecule has 0 unspecified atom stereocenters. The predicted octanol–water partition coefficient (Wildman–Crippen LogP) is 3.69. The van der Waals surface area contributed by atoms with Crippen molar-refractivity contribution in [2.45, 2.75) is 66.1 Å². The van der Waals surface area contributed by atoms with E-state index >= 15 is 0 Å². The first-order valence-corrected chi connectivity index (χ1v) is 11.5. The number of hydrogen-bond acceptors (Lipinski definition) is 6. The van der Waals surface area contributed by atoms with E-state index in [1.54, 1.807) is 14.0 Å². The van der Waals surface area contributed by atoms with Crippen LogP contribution in [0.15, 0.2) is 6.07 Å². The van der Waals surface area contributed by atoms with Crippen LogP contribution in [0.5, 0.6) is 5.75 Å². The summed E-state index contributed by atoms with van der Waals surface area (Å²) in [5, 5.41) is 3.28. The number of fused-ring (bicyclic) bond motifs is 1. The van der Waals surface area contributed by atoms with Crippen molar-refractivity contribution in [3.05, 3.63) is 45.4 Å². The number of nitrogens with one attached hydrogen (secondary N) is 1. The lowest BCUT2D eigenvalue weighted by Gasteiger charge is -2.31. The summed E-state index contributed by atoms with van der Waals surface area (Å²) >= 11 is 0. The molecular formula is C25H35N5O2. The van der Waals surface area contributed by atoms with Crippen molar-refractivity contribution >= 4 is 11.7 Å². The third-order valence-electron chi connectivity index (χ3n) is 7.16. The van der Waals surface area contributed by atoms with Crippen LogP contribution in [-0.2, 0) is 24.3 Å². The van der Waals surface area contributed by atoms with Gasteiger partial charge >= 0.3 is 0 Å². The number of nitrogens with zero attached hydrogens (tertiary/aromatic N) is 4. The zero-order valence-corrected chi connectivity index (χ0v) is 20.2. The summed E-state index contributed by atoms with van der Waals surface area (Å²) in [4.78, 5) is 26.3. The monoisotopic (exact) mass is 437 g/mol. The minimum atomic E-state index is -0.0194. The minimum Gasteiger partial charge on any atom is -0.496 e. The van der Waals surface area contributed by atoms with Gasteiger partial charge in [-0.3, -0.25) is 9.69 Å². The molecule has 1 aromatic carbocycles. The molecule has 1 N–H and O–H groups in total. The number of rotatable bonds is 5. The third kappa shape index (κ3) is 4.06. The second-order valence-corrected chi connectivity index (χ2v) is 9.06. The summed E-state index contributed by atoms with van der Waals surface area (Å²) in [6.07, 6.45) is 2.84. The number of benzene rings is 1. The molecular weight excluding hydrogens is 402 g/mol. The van der Waals surface area contributed by atoms with Crippen molar-refractivity contribution < 1.29 is 9.53 Å². The van der Waals surface area contributed by atoms with Crippen LogP contribution in [-0.4, -0.2) is 52.9 Å². The Labute approximate surface area is 191 Å². The van der Waals surface area contributed by atoms with Gasteiger partial charge in [0.05, 0.1) is 18.8 Å². The summed E-state index contributed by atoms with van der Waals surface area (Å²) in [5.74, 6) is 2.74. The number of anilines is 1. The third-order valence-corrected chi connectivity index (χ3v) is 7.16. The Kier molecular flexibility index (Phi) is 6.38. The molecule has 0 aliphatic carbocycles. The molecule has 172 valence electrons. The lowest BCUT2D eigenvalue weighted by atomic mass is 9.96. The predicted molar refractivity (Wildman–Crippen MR) is 126 cm³/mol. The van der Waals surface area contributed by atoms with Gasteiger partial charge in [-0.2, -0.15) is 0 Å². The Morgan fingerprint density at radius 1 is 1.22 bits per heavy atom. The lowest BCUT2D eigenvalue weighted by Crippen LogP contribution is -2.34. The molecule has 1 atom stereocenters. The highest BCUT2D eigenvalue weighted by Gasteiger charge is 2.32. The summed E-state index contributed by atoms with van der Waals surface area (Å²) in [6.45, 7) is 11.6. The van der Waals surface area contributed by atoms with Crippen LogP contribution in [0, 0.1) is 20.8 Å². The summed E-state index contributed by atoms with van der Waals surface area (Å²) in [7, 11) is 3.65. The number of hydrogen-bond donors (Lipinski definition) is 1. The number of methoxy groups -OCH3 is 1. The largest absolute Gasteiger partial charge is 0.496 e. The van der Waals surface area contributed by atoms with Crippen molar-refractivity contribution in [3.8, 4) is 5.75 Å². The van der Waals surface area contributed by atoms with E-state index in [9.17, 15) is 4.79 Å². The van der Waals surface area contributed by atoms with Gasteiger partial charge in [0.2, 0.25) is 5.91 Å². The molecule has 1 aromatic heterocycles. The van der Waals surface area contributed by atoms with Crippen molar-refractivity contribution in [1.82, 2.24) is 19.8 Å². The summed E-state index contributed by atoms with van der Waals surface area (Å²) < 4.78 is 5.55. The Morgan fingerprint density at radius 3 is 2.69 bits per heavy atom. The molecule has 2 aliphatic rings. The number of aromatic nitrogens is 2. The first-order chi connectivity index (χ1) is 15.3. The maximum absolute atomic E-state index is 12.1. The molecule has 1 saturated heterocycles. The second-order valence-electron chi connectivity index (χ2n) is 9.06. The fourth-order valence-corrected chi connectivity index (χ4v) is 5.18. The van der Waals surface area contributed by atoms with Gasteiger partial charge in [0, 0.05) is 45.7 Å². The average molecular weight is 438 g/mol. The van der Waals surface area contributed by atoms with Gasteiger partial charge in [0.15, 0.2) is 5.82 Å². The quantitative estimate of drug-likeness (QED) is 0.769. The Balaban J connectivity index is 1.62. The highest BCUT2D eigenvalue weighted by molar-refractivity contribution is 5.74.